The van der Waals surface area contributed by atoms with Crippen LogP contribution in [0.15, 0.2) is 24.3 Å². The van der Waals surface area contributed by atoms with Gasteiger partial charge >= 0.3 is 0 Å². The number of carbonyl (C=O) groups excluding carboxylic acids is 1. The molecule has 21 heavy (non-hydrogen) atoms. The molecule has 1 heterocycles. The Morgan fingerprint density at radius 3 is 2.43 bits per heavy atom. The first-order chi connectivity index (χ1) is 9.83. The Morgan fingerprint density at radius 1 is 1.29 bits per heavy atom. The molecule has 116 valence electrons. The van der Waals surface area contributed by atoms with Gasteiger partial charge in [0.25, 0.3) is 0 Å². The van der Waals surface area contributed by atoms with Crippen LogP contribution in [0.3, 0.4) is 0 Å². The van der Waals surface area contributed by atoms with Gasteiger partial charge in [-0.05, 0) is 62.9 Å². The van der Waals surface area contributed by atoms with Crippen molar-refractivity contribution in [2.45, 2.75) is 39.0 Å². The van der Waals surface area contributed by atoms with E-state index in [2.05, 4.69) is 17.6 Å². The largest absolute Gasteiger partial charge is 0.355 e. The Labute approximate surface area is 126 Å². The van der Waals surface area contributed by atoms with Crippen molar-refractivity contribution in [1.29, 1.82) is 0 Å². The van der Waals surface area contributed by atoms with Crippen molar-refractivity contribution in [2.75, 3.05) is 19.6 Å². The fraction of sp³-hybridized carbons (Fsp3) is 0.588. The first-order valence-corrected chi connectivity index (χ1v) is 7.59. The zero-order valence-electron chi connectivity index (χ0n) is 13.1. The van der Waals surface area contributed by atoms with Crippen molar-refractivity contribution < 1.29 is 9.18 Å². The third-order valence-electron chi connectivity index (χ3n) is 4.62. The maximum absolute atomic E-state index is 13.0. The van der Waals surface area contributed by atoms with Gasteiger partial charge in [-0.15, -0.1) is 0 Å². The summed E-state index contributed by atoms with van der Waals surface area (Å²) in [5.41, 5.74) is 0.341. The van der Waals surface area contributed by atoms with Crippen LogP contribution in [0, 0.1) is 11.2 Å². The maximum Gasteiger partial charge on any atom is 0.230 e. The SMILES string of the molecule is CC1(CNC(=O)C(C)(C)c2ccc(F)cc2)CCNCC1. The van der Waals surface area contributed by atoms with Crippen LogP contribution in [0.1, 0.15) is 39.2 Å². The molecule has 1 aliphatic heterocycles. The molecule has 4 heteroatoms. The van der Waals surface area contributed by atoms with E-state index >= 15 is 0 Å². The number of hydrogen-bond acceptors (Lipinski definition) is 2. The number of nitrogens with one attached hydrogen (secondary N) is 2. The van der Waals surface area contributed by atoms with Gasteiger partial charge in [0.05, 0.1) is 5.41 Å². The Kier molecular flexibility index (Phi) is 4.67. The predicted octanol–water partition coefficient (Wildman–Crippen LogP) is 2.61. The molecular formula is C17H25FN2O. The lowest BCUT2D eigenvalue weighted by Gasteiger charge is -2.35. The summed E-state index contributed by atoms with van der Waals surface area (Å²) in [6, 6.07) is 6.17. The van der Waals surface area contributed by atoms with Crippen LogP contribution in [0.4, 0.5) is 4.39 Å². The van der Waals surface area contributed by atoms with Crippen molar-refractivity contribution in [3.05, 3.63) is 35.6 Å². The lowest BCUT2D eigenvalue weighted by Crippen LogP contribution is -2.47. The second-order valence-corrected chi connectivity index (χ2v) is 6.88. The second-order valence-electron chi connectivity index (χ2n) is 6.88. The van der Waals surface area contributed by atoms with Crippen LogP contribution in [0.5, 0.6) is 0 Å². The molecule has 3 nitrogen and oxygen atoms in total. The van der Waals surface area contributed by atoms with Gasteiger partial charge in [0.15, 0.2) is 0 Å². The van der Waals surface area contributed by atoms with Gasteiger partial charge in [0.2, 0.25) is 5.91 Å². The Balaban J connectivity index is 1.99. The standard InChI is InChI=1S/C17H25FN2O/c1-16(2,13-4-6-14(18)7-5-13)15(21)20-12-17(3)8-10-19-11-9-17/h4-7,19H,8-12H2,1-3H3,(H,20,21). The molecule has 0 aliphatic carbocycles. The predicted molar refractivity (Wildman–Crippen MR) is 82.6 cm³/mol. The summed E-state index contributed by atoms with van der Waals surface area (Å²) >= 11 is 0. The molecule has 1 amide bonds. The third kappa shape index (κ3) is 3.82. The van der Waals surface area contributed by atoms with Gasteiger partial charge in [0, 0.05) is 6.54 Å². The van der Waals surface area contributed by atoms with Crippen molar-refractivity contribution in [1.82, 2.24) is 10.6 Å². The van der Waals surface area contributed by atoms with E-state index in [4.69, 9.17) is 0 Å². The Bertz CT molecular complexity index is 490. The molecule has 2 rings (SSSR count). The van der Waals surface area contributed by atoms with E-state index < -0.39 is 5.41 Å². The number of piperidine rings is 1. The van der Waals surface area contributed by atoms with E-state index in [1.807, 2.05) is 13.8 Å². The summed E-state index contributed by atoms with van der Waals surface area (Å²) in [7, 11) is 0. The van der Waals surface area contributed by atoms with Crippen LogP contribution in [0.2, 0.25) is 0 Å². The fourth-order valence-corrected chi connectivity index (χ4v) is 2.72. The highest BCUT2D eigenvalue weighted by molar-refractivity contribution is 5.87. The molecule has 1 aromatic rings. The third-order valence-corrected chi connectivity index (χ3v) is 4.62. The van der Waals surface area contributed by atoms with Crippen LogP contribution in [0.25, 0.3) is 0 Å². The first-order valence-electron chi connectivity index (χ1n) is 7.59. The van der Waals surface area contributed by atoms with Crippen molar-refractivity contribution in [2.24, 2.45) is 5.41 Å². The molecule has 1 aromatic carbocycles. The van der Waals surface area contributed by atoms with Crippen LogP contribution >= 0.6 is 0 Å². The first kappa shape index (κ1) is 16.0. The highest BCUT2D eigenvalue weighted by Crippen LogP contribution is 2.28. The lowest BCUT2D eigenvalue weighted by molar-refractivity contribution is -0.126. The normalized spacial score (nSPS) is 18.3. The van der Waals surface area contributed by atoms with Gasteiger partial charge in [-0.25, -0.2) is 4.39 Å². The molecule has 1 aliphatic rings. The van der Waals surface area contributed by atoms with Gasteiger partial charge < -0.3 is 10.6 Å². The summed E-state index contributed by atoms with van der Waals surface area (Å²) in [5.74, 6) is -0.286. The molecule has 0 aromatic heterocycles. The second kappa shape index (κ2) is 6.14. The van der Waals surface area contributed by atoms with Gasteiger partial charge in [-0.2, -0.15) is 0 Å². The van der Waals surface area contributed by atoms with E-state index in [-0.39, 0.29) is 17.1 Å². The maximum atomic E-state index is 13.0. The molecule has 0 spiro atoms. The van der Waals surface area contributed by atoms with Gasteiger partial charge in [0.1, 0.15) is 5.82 Å². The molecular weight excluding hydrogens is 267 g/mol. The number of carbonyl (C=O) groups is 1. The average Bonchev–Trinajstić information content (AvgIpc) is 2.46. The summed E-state index contributed by atoms with van der Waals surface area (Å²) in [6.07, 6.45) is 2.15. The van der Waals surface area contributed by atoms with E-state index in [0.717, 1.165) is 31.5 Å². The lowest BCUT2D eigenvalue weighted by atomic mass is 9.79. The van der Waals surface area contributed by atoms with E-state index in [9.17, 15) is 9.18 Å². The van der Waals surface area contributed by atoms with E-state index in [0.29, 0.717) is 6.54 Å². The van der Waals surface area contributed by atoms with Crippen molar-refractivity contribution in [3.63, 3.8) is 0 Å². The number of amides is 1. The minimum Gasteiger partial charge on any atom is -0.355 e. The average molecular weight is 292 g/mol. The van der Waals surface area contributed by atoms with E-state index in [1.54, 1.807) is 12.1 Å². The van der Waals surface area contributed by atoms with Crippen LogP contribution < -0.4 is 10.6 Å². The van der Waals surface area contributed by atoms with Gasteiger partial charge in [-0.3, -0.25) is 4.79 Å². The highest BCUT2D eigenvalue weighted by Gasteiger charge is 2.32. The number of halogens is 1. The molecule has 0 bridgehead atoms. The number of rotatable bonds is 4. The zero-order chi connectivity index (χ0) is 15.5. The highest BCUT2D eigenvalue weighted by atomic mass is 19.1. The smallest absolute Gasteiger partial charge is 0.230 e. The molecule has 0 saturated carbocycles. The van der Waals surface area contributed by atoms with Crippen molar-refractivity contribution in [3.8, 4) is 0 Å². The summed E-state index contributed by atoms with van der Waals surface area (Å²) in [5, 5.41) is 6.43. The number of benzene rings is 1. The molecule has 0 radical (unpaired) electrons. The van der Waals surface area contributed by atoms with Crippen molar-refractivity contribution >= 4 is 5.91 Å². The quantitative estimate of drug-likeness (QED) is 0.895. The minimum absolute atomic E-state index is 0.00568. The molecule has 1 saturated heterocycles. The van der Waals surface area contributed by atoms with Gasteiger partial charge in [-0.1, -0.05) is 19.1 Å². The van der Waals surface area contributed by atoms with Crippen LogP contribution in [-0.2, 0) is 10.2 Å². The molecule has 1 fully saturated rings. The molecule has 0 atom stereocenters. The summed E-state index contributed by atoms with van der Waals surface area (Å²) in [4.78, 5) is 12.5. The Morgan fingerprint density at radius 2 is 1.86 bits per heavy atom. The van der Waals surface area contributed by atoms with E-state index in [1.165, 1.54) is 12.1 Å². The zero-order valence-corrected chi connectivity index (χ0v) is 13.1. The molecule has 0 unspecified atom stereocenters. The Hall–Kier alpha value is -1.42. The number of hydrogen-bond donors (Lipinski definition) is 2. The summed E-state index contributed by atoms with van der Waals surface area (Å²) in [6.45, 7) is 8.68. The minimum atomic E-state index is -0.656. The fourth-order valence-electron chi connectivity index (χ4n) is 2.72. The topological polar surface area (TPSA) is 41.1 Å². The monoisotopic (exact) mass is 292 g/mol. The molecule has 2 N–H and O–H groups in total. The van der Waals surface area contributed by atoms with Crippen LogP contribution in [-0.4, -0.2) is 25.5 Å². The summed E-state index contributed by atoms with van der Waals surface area (Å²) < 4.78 is 13.0.